The molecular formula is C22H25N3OS. The molecule has 0 aliphatic rings. The van der Waals surface area contributed by atoms with Crippen molar-refractivity contribution in [2.75, 3.05) is 12.0 Å². The van der Waals surface area contributed by atoms with Gasteiger partial charge in [-0.2, -0.15) is 5.10 Å². The van der Waals surface area contributed by atoms with E-state index in [0.717, 1.165) is 40.7 Å². The topological polar surface area (TPSA) is 46.5 Å². The molecule has 5 heteroatoms. The highest BCUT2D eigenvalue weighted by atomic mass is 32.1. The molecule has 0 bridgehead atoms. The SMILES string of the molecule is CCCCCCOc1ccc(/C=N\Nc2nc(-c3ccccc3)cs2)cc1. The Labute approximate surface area is 164 Å². The lowest BCUT2D eigenvalue weighted by Crippen LogP contribution is -1.97. The quantitative estimate of drug-likeness (QED) is 0.258. The fraction of sp³-hybridized carbons (Fsp3) is 0.273. The fourth-order valence-corrected chi connectivity index (χ4v) is 3.27. The highest BCUT2D eigenvalue weighted by molar-refractivity contribution is 7.14. The third-order valence-electron chi connectivity index (χ3n) is 4.09. The Bertz CT molecular complexity index is 828. The Hall–Kier alpha value is -2.66. The molecule has 0 saturated carbocycles. The van der Waals surface area contributed by atoms with E-state index in [1.54, 1.807) is 17.6 Å². The Morgan fingerprint density at radius 1 is 1.04 bits per heavy atom. The summed E-state index contributed by atoms with van der Waals surface area (Å²) in [6.07, 6.45) is 6.65. The van der Waals surface area contributed by atoms with Gasteiger partial charge in [0.2, 0.25) is 5.13 Å². The summed E-state index contributed by atoms with van der Waals surface area (Å²) in [6, 6.07) is 18.1. The summed E-state index contributed by atoms with van der Waals surface area (Å²) in [7, 11) is 0. The van der Waals surface area contributed by atoms with E-state index in [1.807, 2.05) is 47.8 Å². The summed E-state index contributed by atoms with van der Waals surface area (Å²) in [6.45, 7) is 3.00. The zero-order valence-corrected chi connectivity index (χ0v) is 16.4. The van der Waals surface area contributed by atoms with Crippen molar-refractivity contribution in [3.8, 4) is 17.0 Å². The predicted octanol–water partition coefficient (Wildman–Crippen LogP) is 6.22. The Morgan fingerprint density at radius 3 is 2.63 bits per heavy atom. The van der Waals surface area contributed by atoms with Crippen LogP contribution in [0.15, 0.2) is 65.1 Å². The third-order valence-corrected chi connectivity index (χ3v) is 4.84. The second kappa shape index (κ2) is 10.5. The molecule has 3 aromatic rings. The van der Waals surface area contributed by atoms with Crippen molar-refractivity contribution in [3.05, 3.63) is 65.5 Å². The van der Waals surface area contributed by atoms with Gasteiger partial charge in [-0.1, -0.05) is 56.5 Å². The van der Waals surface area contributed by atoms with E-state index in [4.69, 9.17) is 4.74 Å². The van der Waals surface area contributed by atoms with E-state index in [2.05, 4.69) is 34.6 Å². The van der Waals surface area contributed by atoms with Crippen molar-refractivity contribution in [2.24, 2.45) is 5.10 Å². The van der Waals surface area contributed by atoms with Crippen LogP contribution >= 0.6 is 11.3 Å². The van der Waals surface area contributed by atoms with E-state index in [9.17, 15) is 0 Å². The van der Waals surface area contributed by atoms with Crippen LogP contribution in [-0.2, 0) is 0 Å². The molecule has 1 N–H and O–H groups in total. The Kier molecular flexibility index (Phi) is 7.42. The number of unbranched alkanes of at least 4 members (excludes halogenated alkanes) is 3. The van der Waals surface area contributed by atoms with Crippen LogP contribution in [0.1, 0.15) is 38.2 Å². The first-order valence-electron chi connectivity index (χ1n) is 9.38. The van der Waals surface area contributed by atoms with Crippen molar-refractivity contribution >= 4 is 22.7 Å². The number of nitrogens with one attached hydrogen (secondary N) is 1. The maximum atomic E-state index is 5.76. The number of benzene rings is 2. The Morgan fingerprint density at radius 2 is 1.85 bits per heavy atom. The molecule has 0 aliphatic carbocycles. The molecule has 0 spiro atoms. The largest absolute Gasteiger partial charge is 0.494 e. The third kappa shape index (κ3) is 6.22. The van der Waals surface area contributed by atoms with Crippen LogP contribution in [0.3, 0.4) is 0 Å². The molecule has 2 aromatic carbocycles. The van der Waals surface area contributed by atoms with Gasteiger partial charge in [0.1, 0.15) is 5.75 Å². The normalized spacial score (nSPS) is 11.0. The monoisotopic (exact) mass is 379 g/mol. The fourth-order valence-electron chi connectivity index (χ4n) is 2.60. The lowest BCUT2D eigenvalue weighted by atomic mass is 10.2. The average Bonchev–Trinajstić information content (AvgIpc) is 3.19. The van der Waals surface area contributed by atoms with Crippen LogP contribution in [0.4, 0.5) is 5.13 Å². The molecule has 0 unspecified atom stereocenters. The molecular weight excluding hydrogens is 354 g/mol. The second-order valence-corrected chi connectivity index (χ2v) is 7.11. The van der Waals surface area contributed by atoms with Crippen LogP contribution < -0.4 is 10.2 Å². The molecule has 140 valence electrons. The summed E-state index contributed by atoms with van der Waals surface area (Å²) < 4.78 is 5.76. The molecule has 0 saturated heterocycles. The van der Waals surface area contributed by atoms with Crippen molar-refractivity contribution < 1.29 is 4.74 Å². The van der Waals surface area contributed by atoms with Crippen LogP contribution in [0.5, 0.6) is 5.75 Å². The average molecular weight is 380 g/mol. The molecule has 4 nitrogen and oxygen atoms in total. The van der Waals surface area contributed by atoms with Gasteiger partial charge in [0.25, 0.3) is 0 Å². The Balaban J connectivity index is 1.46. The van der Waals surface area contributed by atoms with Gasteiger partial charge in [-0.15, -0.1) is 11.3 Å². The summed E-state index contributed by atoms with van der Waals surface area (Å²) in [5, 5.41) is 7.08. The molecule has 0 aliphatic heterocycles. The maximum Gasteiger partial charge on any atom is 0.203 e. The van der Waals surface area contributed by atoms with Gasteiger partial charge in [-0.05, 0) is 36.2 Å². The predicted molar refractivity (Wildman–Crippen MR) is 115 cm³/mol. The number of hydrogen-bond acceptors (Lipinski definition) is 5. The molecule has 0 fully saturated rings. The molecule has 1 aromatic heterocycles. The summed E-state index contributed by atoms with van der Waals surface area (Å²) >= 11 is 1.54. The maximum absolute atomic E-state index is 5.76. The van der Waals surface area contributed by atoms with Gasteiger partial charge in [0.15, 0.2) is 0 Å². The first-order chi connectivity index (χ1) is 13.3. The van der Waals surface area contributed by atoms with Crippen molar-refractivity contribution in [2.45, 2.75) is 32.6 Å². The summed E-state index contributed by atoms with van der Waals surface area (Å²) in [5.41, 5.74) is 6.08. The summed E-state index contributed by atoms with van der Waals surface area (Å²) in [5.74, 6) is 0.907. The van der Waals surface area contributed by atoms with E-state index >= 15 is 0 Å². The minimum atomic E-state index is 0.775. The smallest absolute Gasteiger partial charge is 0.203 e. The highest BCUT2D eigenvalue weighted by Gasteiger charge is 2.02. The van der Waals surface area contributed by atoms with Gasteiger partial charge in [0.05, 0.1) is 18.5 Å². The van der Waals surface area contributed by atoms with E-state index < -0.39 is 0 Å². The lowest BCUT2D eigenvalue weighted by Gasteiger charge is -2.05. The highest BCUT2D eigenvalue weighted by Crippen LogP contribution is 2.24. The molecule has 0 radical (unpaired) electrons. The number of hydrogen-bond donors (Lipinski definition) is 1. The van der Waals surface area contributed by atoms with Gasteiger partial charge < -0.3 is 4.74 Å². The number of anilines is 1. The number of aromatic nitrogens is 1. The van der Waals surface area contributed by atoms with E-state index in [0.29, 0.717) is 0 Å². The number of nitrogens with zero attached hydrogens (tertiary/aromatic N) is 2. The zero-order valence-electron chi connectivity index (χ0n) is 15.6. The first kappa shape index (κ1) is 19.1. The zero-order chi connectivity index (χ0) is 18.7. The van der Waals surface area contributed by atoms with Crippen LogP contribution in [0.2, 0.25) is 0 Å². The van der Waals surface area contributed by atoms with Gasteiger partial charge in [0, 0.05) is 10.9 Å². The summed E-state index contributed by atoms with van der Waals surface area (Å²) in [4.78, 5) is 4.55. The number of rotatable bonds is 10. The van der Waals surface area contributed by atoms with Crippen molar-refractivity contribution in [1.29, 1.82) is 0 Å². The number of thiazole rings is 1. The molecule has 0 amide bonds. The second-order valence-electron chi connectivity index (χ2n) is 6.25. The lowest BCUT2D eigenvalue weighted by molar-refractivity contribution is 0.305. The van der Waals surface area contributed by atoms with Gasteiger partial charge in [-0.3, -0.25) is 5.43 Å². The number of hydrazone groups is 1. The van der Waals surface area contributed by atoms with Gasteiger partial charge in [-0.25, -0.2) is 4.98 Å². The van der Waals surface area contributed by atoms with Crippen molar-refractivity contribution in [3.63, 3.8) is 0 Å². The number of ether oxygens (including phenoxy) is 1. The standard InChI is InChI=1S/C22H25N3OS/c1-2-3-4-8-15-26-20-13-11-18(12-14-20)16-23-25-22-24-21(17-27-22)19-9-6-5-7-10-19/h5-7,9-14,16-17H,2-4,8,15H2,1H3,(H,24,25)/b23-16-. The van der Waals surface area contributed by atoms with Gasteiger partial charge >= 0.3 is 0 Å². The van der Waals surface area contributed by atoms with Crippen molar-refractivity contribution in [1.82, 2.24) is 4.98 Å². The van der Waals surface area contributed by atoms with Crippen LogP contribution in [-0.4, -0.2) is 17.8 Å². The van der Waals surface area contributed by atoms with E-state index in [1.165, 1.54) is 19.3 Å². The molecule has 3 rings (SSSR count). The van der Waals surface area contributed by atoms with E-state index in [-0.39, 0.29) is 0 Å². The molecule has 27 heavy (non-hydrogen) atoms. The minimum absolute atomic E-state index is 0.775. The first-order valence-corrected chi connectivity index (χ1v) is 10.3. The van der Waals surface area contributed by atoms with Crippen LogP contribution in [0.25, 0.3) is 11.3 Å². The van der Waals surface area contributed by atoms with Crippen LogP contribution in [0, 0.1) is 0 Å². The molecule has 1 heterocycles. The minimum Gasteiger partial charge on any atom is -0.494 e. The molecule has 0 atom stereocenters.